The zero-order valence-electron chi connectivity index (χ0n) is 20.0. The standard InChI is InChI=1S/C28H44O/c1-21(2)10-7-11-22(3)12-8-13-23(4)14-9-15-25-26-20-28(5,6)19-18-24(26)16-17-27(25)29/h10,12,14,25H,7-9,11,13,15-20H2,1-6H3/b22-12+,23-14+. The van der Waals surface area contributed by atoms with Crippen LogP contribution in [0.5, 0.6) is 0 Å². The van der Waals surface area contributed by atoms with Gasteiger partial charge in [-0.2, -0.15) is 0 Å². The lowest BCUT2D eigenvalue weighted by molar-refractivity contribution is -0.122. The first-order valence-corrected chi connectivity index (χ1v) is 11.9. The van der Waals surface area contributed by atoms with E-state index in [0.717, 1.165) is 51.4 Å². The van der Waals surface area contributed by atoms with Gasteiger partial charge in [-0.3, -0.25) is 4.79 Å². The van der Waals surface area contributed by atoms with Gasteiger partial charge in [0, 0.05) is 12.3 Å². The predicted octanol–water partition coefficient (Wildman–Crippen LogP) is 8.67. The number of Topliss-reactive ketones (excluding diaryl/α,β-unsaturated/α-hetero) is 1. The van der Waals surface area contributed by atoms with E-state index in [-0.39, 0.29) is 5.92 Å². The summed E-state index contributed by atoms with van der Waals surface area (Å²) in [5, 5.41) is 0. The summed E-state index contributed by atoms with van der Waals surface area (Å²) in [5.74, 6) is 0.710. The molecule has 1 nitrogen and oxygen atoms in total. The summed E-state index contributed by atoms with van der Waals surface area (Å²) >= 11 is 0. The van der Waals surface area contributed by atoms with Gasteiger partial charge in [-0.25, -0.2) is 0 Å². The molecule has 0 aromatic rings. The molecule has 1 atom stereocenters. The molecule has 2 aliphatic carbocycles. The fraction of sp³-hybridized carbons (Fsp3) is 0.679. The van der Waals surface area contributed by atoms with E-state index >= 15 is 0 Å². The lowest BCUT2D eigenvalue weighted by atomic mass is 9.66. The van der Waals surface area contributed by atoms with Gasteiger partial charge in [0.1, 0.15) is 5.78 Å². The highest BCUT2D eigenvalue weighted by atomic mass is 16.1. The Labute approximate surface area is 180 Å². The summed E-state index contributed by atoms with van der Waals surface area (Å²) in [6.45, 7) is 13.6. The van der Waals surface area contributed by atoms with E-state index in [1.165, 1.54) is 41.6 Å². The summed E-state index contributed by atoms with van der Waals surface area (Å²) in [6.07, 6.45) is 19.2. The van der Waals surface area contributed by atoms with Crippen molar-refractivity contribution in [1.82, 2.24) is 0 Å². The quantitative estimate of drug-likeness (QED) is 0.356. The van der Waals surface area contributed by atoms with Crippen molar-refractivity contribution in [3.63, 3.8) is 0 Å². The third-order valence-corrected chi connectivity index (χ3v) is 6.78. The van der Waals surface area contributed by atoms with Crippen molar-refractivity contribution in [2.24, 2.45) is 11.3 Å². The third kappa shape index (κ3) is 8.11. The van der Waals surface area contributed by atoms with Crippen LogP contribution in [0.2, 0.25) is 0 Å². The summed E-state index contributed by atoms with van der Waals surface area (Å²) in [6, 6.07) is 0. The molecule has 2 rings (SSSR count). The molecule has 0 aromatic carbocycles. The Balaban J connectivity index is 1.82. The maximum Gasteiger partial charge on any atom is 0.140 e. The van der Waals surface area contributed by atoms with Gasteiger partial charge in [0.2, 0.25) is 0 Å². The third-order valence-electron chi connectivity index (χ3n) is 6.78. The lowest BCUT2D eigenvalue weighted by Gasteiger charge is -2.38. The number of hydrogen-bond acceptors (Lipinski definition) is 1. The van der Waals surface area contributed by atoms with Crippen molar-refractivity contribution >= 4 is 5.78 Å². The van der Waals surface area contributed by atoms with Crippen LogP contribution in [0.25, 0.3) is 0 Å². The molecular formula is C28H44O. The first-order chi connectivity index (χ1) is 13.7. The average molecular weight is 397 g/mol. The summed E-state index contributed by atoms with van der Waals surface area (Å²) in [7, 11) is 0. The molecule has 0 bridgehead atoms. The molecule has 0 aliphatic heterocycles. The Morgan fingerprint density at radius 3 is 2.17 bits per heavy atom. The molecule has 0 radical (unpaired) electrons. The van der Waals surface area contributed by atoms with Crippen LogP contribution in [-0.2, 0) is 4.79 Å². The highest BCUT2D eigenvalue weighted by molar-refractivity contribution is 5.85. The van der Waals surface area contributed by atoms with Crippen LogP contribution in [0.1, 0.15) is 112 Å². The molecule has 0 spiro atoms. The van der Waals surface area contributed by atoms with E-state index in [4.69, 9.17) is 0 Å². The first kappa shape index (κ1) is 23.9. The second-order valence-corrected chi connectivity index (χ2v) is 10.5. The molecule has 0 heterocycles. The minimum Gasteiger partial charge on any atom is -0.299 e. The Hall–Kier alpha value is -1.37. The van der Waals surface area contributed by atoms with Gasteiger partial charge >= 0.3 is 0 Å². The molecule has 0 saturated carbocycles. The molecule has 0 fully saturated rings. The fourth-order valence-electron chi connectivity index (χ4n) is 4.85. The number of allylic oxidation sites excluding steroid dienone is 8. The molecule has 0 aromatic heterocycles. The van der Waals surface area contributed by atoms with E-state index in [2.05, 4.69) is 59.8 Å². The van der Waals surface area contributed by atoms with E-state index in [9.17, 15) is 4.79 Å². The highest BCUT2D eigenvalue weighted by Gasteiger charge is 2.35. The lowest BCUT2D eigenvalue weighted by Crippen LogP contribution is -2.30. The smallest absolute Gasteiger partial charge is 0.140 e. The molecule has 0 saturated heterocycles. The number of carbonyl (C=O) groups is 1. The zero-order chi connectivity index (χ0) is 21.4. The zero-order valence-corrected chi connectivity index (χ0v) is 20.0. The van der Waals surface area contributed by atoms with Gasteiger partial charge in [-0.05, 0) is 97.3 Å². The van der Waals surface area contributed by atoms with E-state index < -0.39 is 0 Å². The van der Waals surface area contributed by atoms with Crippen molar-refractivity contribution in [1.29, 1.82) is 0 Å². The topological polar surface area (TPSA) is 17.1 Å². The Bertz CT molecular complexity index is 692. The second kappa shape index (κ2) is 11.1. The number of hydrogen-bond donors (Lipinski definition) is 0. The predicted molar refractivity (Wildman–Crippen MR) is 127 cm³/mol. The minimum atomic E-state index is 0.208. The van der Waals surface area contributed by atoms with Crippen LogP contribution >= 0.6 is 0 Å². The highest BCUT2D eigenvalue weighted by Crippen LogP contribution is 2.46. The van der Waals surface area contributed by atoms with Crippen LogP contribution in [0.3, 0.4) is 0 Å². The molecule has 29 heavy (non-hydrogen) atoms. The van der Waals surface area contributed by atoms with Gasteiger partial charge in [-0.1, -0.05) is 59.9 Å². The maximum absolute atomic E-state index is 12.6. The molecule has 2 aliphatic rings. The van der Waals surface area contributed by atoms with Crippen molar-refractivity contribution in [3.8, 4) is 0 Å². The summed E-state index contributed by atoms with van der Waals surface area (Å²) in [4.78, 5) is 12.6. The van der Waals surface area contributed by atoms with E-state index in [1.807, 2.05) is 0 Å². The molecule has 0 amide bonds. The average Bonchev–Trinajstić information content (AvgIpc) is 2.62. The van der Waals surface area contributed by atoms with Gasteiger partial charge < -0.3 is 0 Å². The van der Waals surface area contributed by atoms with Crippen molar-refractivity contribution in [2.45, 2.75) is 112 Å². The Kier molecular flexibility index (Phi) is 9.18. The minimum absolute atomic E-state index is 0.208. The fourth-order valence-corrected chi connectivity index (χ4v) is 4.85. The van der Waals surface area contributed by atoms with Crippen LogP contribution in [-0.4, -0.2) is 5.78 Å². The molecular weight excluding hydrogens is 352 g/mol. The first-order valence-electron chi connectivity index (χ1n) is 11.9. The van der Waals surface area contributed by atoms with E-state index in [0.29, 0.717) is 11.2 Å². The van der Waals surface area contributed by atoms with Crippen molar-refractivity contribution in [2.75, 3.05) is 0 Å². The normalized spacial score (nSPS) is 22.6. The Morgan fingerprint density at radius 1 is 0.897 bits per heavy atom. The van der Waals surface area contributed by atoms with Gasteiger partial charge in [0.05, 0.1) is 0 Å². The number of ketones is 1. The molecule has 1 unspecified atom stereocenters. The molecule has 0 N–H and O–H groups in total. The SMILES string of the molecule is CC(C)=CCC/C(C)=C/CC/C(C)=C/CCC1C(=O)CCC2=C1CC(C)(C)CC2. The number of carbonyl (C=O) groups excluding carboxylic acids is 1. The van der Waals surface area contributed by atoms with Crippen LogP contribution < -0.4 is 0 Å². The van der Waals surface area contributed by atoms with Crippen molar-refractivity contribution < 1.29 is 4.79 Å². The molecule has 1 heteroatoms. The maximum atomic E-state index is 12.6. The second-order valence-electron chi connectivity index (χ2n) is 10.5. The Morgan fingerprint density at radius 2 is 1.52 bits per heavy atom. The van der Waals surface area contributed by atoms with Crippen LogP contribution in [0.4, 0.5) is 0 Å². The van der Waals surface area contributed by atoms with Gasteiger partial charge in [0.25, 0.3) is 0 Å². The summed E-state index contributed by atoms with van der Waals surface area (Å²) < 4.78 is 0. The summed E-state index contributed by atoms with van der Waals surface area (Å²) in [5.41, 5.74) is 7.91. The van der Waals surface area contributed by atoms with Gasteiger partial charge in [0.15, 0.2) is 0 Å². The van der Waals surface area contributed by atoms with Gasteiger partial charge in [-0.15, -0.1) is 0 Å². The van der Waals surface area contributed by atoms with E-state index in [1.54, 1.807) is 5.57 Å². The van der Waals surface area contributed by atoms with Crippen LogP contribution in [0, 0.1) is 11.3 Å². The monoisotopic (exact) mass is 396 g/mol. The largest absolute Gasteiger partial charge is 0.299 e. The number of rotatable bonds is 9. The molecule has 162 valence electrons. The van der Waals surface area contributed by atoms with Crippen molar-refractivity contribution in [3.05, 3.63) is 46.1 Å². The van der Waals surface area contributed by atoms with Crippen LogP contribution in [0.15, 0.2) is 46.1 Å².